The maximum atomic E-state index is 14.4. The largest absolute Gasteiger partial charge is 0.467 e. The smallest absolute Gasteiger partial charge is 0.264 e. The SMILES string of the molecule is O=C(c1cc2c([nH]c1=O)CCCC2)N(Cc1ccco1)c1ccc(F)cc1F. The molecule has 0 fully saturated rings. The molecule has 0 radical (unpaired) electrons. The van der Waals surface area contributed by atoms with Gasteiger partial charge in [0.05, 0.1) is 18.5 Å². The molecule has 1 aliphatic carbocycles. The summed E-state index contributed by atoms with van der Waals surface area (Å²) in [4.78, 5) is 29.6. The minimum atomic E-state index is -0.894. The average Bonchev–Trinajstić information content (AvgIpc) is 3.19. The summed E-state index contributed by atoms with van der Waals surface area (Å²) in [6, 6.07) is 7.82. The van der Waals surface area contributed by atoms with Crippen LogP contribution in [-0.2, 0) is 19.4 Å². The topological polar surface area (TPSA) is 66.3 Å². The molecule has 0 aliphatic heterocycles. The van der Waals surface area contributed by atoms with Gasteiger partial charge in [-0.05, 0) is 61.6 Å². The van der Waals surface area contributed by atoms with E-state index in [1.54, 1.807) is 18.2 Å². The molecule has 5 nitrogen and oxygen atoms in total. The summed E-state index contributed by atoms with van der Waals surface area (Å²) >= 11 is 0. The van der Waals surface area contributed by atoms with Crippen LogP contribution in [0.5, 0.6) is 0 Å². The van der Waals surface area contributed by atoms with Gasteiger partial charge in [0.2, 0.25) is 0 Å². The van der Waals surface area contributed by atoms with Crippen molar-refractivity contribution in [3.8, 4) is 0 Å². The summed E-state index contributed by atoms with van der Waals surface area (Å²) in [6.07, 6.45) is 4.94. The quantitative estimate of drug-likeness (QED) is 0.740. The molecule has 1 N–H and O–H groups in total. The molecular weight excluding hydrogens is 366 g/mol. The zero-order chi connectivity index (χ0) is 19.7. The van der Waals surface area contributed by atoms with Crippen LogP contribution in [0.25, 0.3) is 0 Å². The van der Waals surface area contributed by atoms with Crippen molar-refractivity contribution in [3.63, 3.8) is 0 Å². The van der Waals surface area contributed by atoms with Crippen molar-refractivity contribution in [2.45, 2.75) is 32.2 Å². The normalized spacial score (nSPS) is 13.2. The highest BCUT2D eigenvalue weighted by molar-refractivity contribution is 6.06. The Labute approximate surface area is 159 Å². The molecule has 7 heteroatoms. The van der Waals surface area contributed by atoms with Gasteiger partial charge in [0.25, 0.3) is 11.5 Å². The molecule has 4 rings (SSSR count). The van der Waals surface area contributed by atoms with Gasteiger partial charge in [-0.25, -0.2) is 8.78 Å². The maximum Gasteiger partial charge on any atom is 0.264 e. The second-order valence-corrected chi connectivity index (χ2v) is 6.79. The number of halogens is 2. The molecule has 1 aromatic carbocycles. The van der Waals surface area contributed by atoms with Gasteiger partial charge >= 0.3 is 0 Å². The van der Waals surface area contributed by atoms with Crippen LogP contribution >= 0.6 is 0 Å². The number of benzene rings is 1. The van der Waals surface area contributed by atoms with Crippen molar-refractivity contribution in [1.82, 2.24) is 4.98 Å². The first-order valence-electron chi connectivity index (χ1n) is 9.07. The monoisotopic (exact) mass is 384 g/mol. The molecular formula is C21H18F2N2O3. The van der Waals surface area contributed by atoms with Crippen LogP contribution in [0, 0.1) is 11.6 Å². The van der Waals surface area contributed by atoms with E-state index in [9.17, 15) is 18.4 Å². The van der Waals surface area contributed by atoms with E-state index in [1.165, 1.54) is 12.3 Å². The lowest BCUT2D eigenvalue weighted by Crippen LogP contribution is -2.35. The van der Waals surface area contributed by atoms with E-state index in [0.717, 1.165) is 47.9 Å². The molecule has 0 atom stereocenters. The van der Waals surface area contributed by atoms with Gasteiger partial charge in [0.15, 0.2) is 0 Å². The number of fused-ring (bicyclic) bond motifs is 1. The number of aromatic amines is 1. The summed E-state index contributed by atoms with van der Waals surface area (Å²) in [5, 5.41) is 0. The number of amides is 1. The van der Waals surface area contributed by atoms with Crippen molar-refractivity contribution in [3.05, 3.63) is 87.2 Å². The average molecular weight is 384 g/mol. The number of H-pyrrole nitrogens is 1. The van der Waals surface area contributed by atoms with Crippen LogP contribution in [-0.4, -0.2) is 10.9 Å². The molecule has 0 unspecified atom stereocenters. The van der Waals surface area contributed by atoms with E-state index >= 15 is 0 Å². The van der Waals surface area contributed by atoms with E-state index in [4.69, 9.17) is 4.42 Å². The Morgan fingerprint density at radius 3 is 2.71 bits per heavy atom. The highest BCUT2D eigenvalue weighted by Crippen LogP contribution is 2.25. The number of nitrogens with zero attached hydrogens (tertiary/aromatic N) is 1. The number of carbonyl (C=O) groups excluding carboxylic acids is 1. The van der Waals surface area contributed by atoms with E-state index in [0.29, 0.717) is 11.8 Å². The fourth-order valence-electron chi connectivity index (χ4n) is 3.50. The van der Waals surface area contributed by atoms with Crippen LogP contribution in [0.2, 0.25) is 0 Å². The number of anilines is 1. The third kappa shape index (κ3) is 3.47. The molecule has 144 valence electrons. The zero-order valence-electron chi connectivity index (χ0n) is 15.0. The standard InChI is InChI=1S/C21H18F2N2O3/c22-14-7-8-19(17(23)11-14)25(12-15-5-3-9-28-15)21(27)16-10-13-4-1-2-6-18(13)24-20(16)26/h3,5,7-11H,1-2,4,6,12H2,(H,24,26). The van der Waals surface area contributed by atoms with E-state index < -0.39 is 23.1 Å². The highest BCUT2D eigenvalue weighted by atomic mass is 19.1. The molecule has 2 aromatic heterocycles. The summed E-state index contributed by atoms with van der Waals surface area (Å²) in [7, 11) is 0. The van der Waals surface area contributed by atoms with Crippen molar-refractivity contribution < 1.29 is 18.0 Å². The first-order chi connectivity index (χ1) is 13.5. The van der Waals surface area contributed by atoms with E-state index in [-0.39, 0.29) is 17.8 Å². The molecule has 0 bridgehead atoms. The number of hydrogen-bond donors (Lipinski definition) is 1. The highest BCUT2D eigenvalue weighted by Gasteiger charge is 2.26. The fourth-order valence-corrected chi connectivity index (χ4v) is 3.50. The van der Waals surface area contributed by atoms with Gasteiger partial charge in [0.1, 0.15) is 23.0 Å². The Hall–Kier alpha value is -3.22. The first-order valence-corrected chi connectivity index (χ1v) is 9.07. The Bertz CT molecular complexity index is 1070. The van der Waals surface area contributed by atoms with Crippen LogP contribution < -0.4 is 10.5 Å². The van der Waals surface area contributed by atoms with Crippen molar-refractivity contribution in [1.29, 1.82) is 0 Å². The zero-order valence-corrected chi connectivity index (χ0v) is 15.0. The maximum absolute atomic E-state index is 14.4. The lowest BCUT2D eigenvalue weighted by molar-refractivity contribution is 0.0980. The summed E-state index contributed by atoms with van der Waals surface area (Å²) < 4.78 is 33.1. The summed E-state index contributed by atoms with van der Waals surface area (Å²) in [6.45, 7) is -0.0924. The van der Waals surface area contributed by atoms with Crippen LogP contribution in [0.3, 0.4) is 0 Å². The van der Waals surface area contributed by atoms with Crippen LogP contribution in [0.15, 0.2) is 51.9 Å². The Kier molecular flexibility index (Phi) is 4.81. The van der Waals surface area contributed by atoms with E-state index in [2.05, 4.69) is 4.98 Å². The summed E-state index contributed by atoms with van der Waals surface area (Å²) in [5.74, 6) is -1.91. The van der Waals surface area contributed by atoms with Gasteiger partial charge in [-0.3, -0.25) is 14.5 Å². The van der Waals surface area contributed by atoms with Gasteiger partial charge in [-0.15, -0.1) is 0 Å². The fraction of sp³-hybridized carbons (Fsp3) is 0.238. The predicted molar refractivity (Wildman–Crippen MR) is 99.3 cm³/mol. The lowest BCUT2D eigenvalue weighted by atomic mass is 9.95. The number of furan rings is 1. The van der Waals surface area contributed by atoms with Crippen LogP contribution in [0.4, 0.5) is 14.5 Å². The number of aromatic nitrogens is 1. The molecule has 28 heavy (non-hydrogen) atoms. The van der Waals surface area contributed by atoms with Crippen molar-refractivity contribution >= 4 is 11.6 Å². The molecule has 1 aliphatic rings. The van der Waals surface area contributed by atoms with Gasteiger partial charge in [0, 0.05) is 11.8 Å². The Morgan fingerprint density at radius 2 is 1.96 bits per heavy atom. The Balaban J connectivity index is 1.78. The first kappa shape index (κ1) is 18.2. The molecule has 0 saturated carbocycles. The minimum absolute atomic E-state index is 0.0732. The number of aryl methyl sites for hydroxylation is 2. The lowest BCUT2D eigenvalue weighted by Gasteiger charge is -2.23. The third-order valence-corrected chi connectivity index (χ3v) is 4.91. The number of nitrogens with one attached hydrogen (secondary N) is 1. The Morgan fingerprint density at radius 1 is 1.14 bits per heavy atom. The molecule has 0 spiro atoms. The van der Waals surface area contributed by atoms with Crippen LogP contribution in [0.1, 0.15) is 40.2 Å². The molecule has 0 saturated heterocycles. The second kappa shape index (κ2) is 7.42. The number of rotatable bonds is 4. The van der Waals surface area contributed by atoms with Gasteiger partial charge < -0.3 is 9.40 Å². The molecule has 3 aromatic rings. The predicted octanol–water partition coefficient (Wildman–Crippen LogP) is 3.97. The van der Waals surface area contributed by atoms with Gasteiger partial charge in [-0.1, -0.05) is 0 Å². The number of hydrogen-bond acceptors (Lipinski definition) is 3. The van der Waals surface area contributed by atoms with Crippen molar-refractivity contribution in [2.24, 2.45) is 0 Å². The molecule has 2 heterocycles. The second-order valence-electron chi connectivity index (χ2n) is 6.79. The minimum Gasteiger partial charge on any atom is -0.467 e. The van der Waals surface area contributed by atoms with E-state index in [1.807, 2.05) is 0 Å². The van der Waals surface area contributed by atoms with Crippen molar-refractivity contribution in [2.75, 3.05) is 4.90 Å². The number of pyridine rings is 1. The third-order valence-electron chi connectivity index (χ3n) is 4.91. The number of carbonyl (C=O) groups is 1. The summed E-state index contributed by atoms with van der Waals surface area (Å²) in [5.41, 5.74) is 1.05. The molecule has 1 amide bonds. The van der Waals surface area contributed by atoms with Gasteiger partial charge in [-0.2, -0.15) is 0 Å².